The van der Waals surface area contributed by atoms with Crippen molar-refractivity contribution >= 4 is 17.9 Å². The number of urea groups is 1. The number of benzene rings is 2. The number of piperazine rings is 1. The van der Waals surface area contributed by atoms with Crippen molar-refractivity contribution < 1.29 is 28.2 Å². The molecular formula is C28H33FN4O5. The molecule has 1 N–H and O–H groups in total. The van der Waals surface area contributed by atoms with Crippen LogP contribution in [0.5, 0.6) is 5.75 Å². The zero-order valence-corrected chi connectivity index (χ0v) is 21.9. The summed E-state index contributed by atoms with van der Waals surface area (Å²) in [5.41, 5.74) is 2.04. The molecule has 1 atom stereocenters. The van der Waals surface area contributed by atoms with E-state index >= 15 is 0 Å². The molecule has 1 fully saturated rings. The Kier molecular flexibility index (Phi) is 8.62. The first-order valence-electron chi connectivity index (χ1n) is 12.8. The lowest BCUT2D eigenvalue weighted by Crippen LogP contribution is -2.53. The highest BCUT2D eigenvalue weighted by Crippen LogP contribution is 2.36. The molecule has 2 heterocycles. The molecule has 38 heavy (non-hydrogen) atoms. The number of likely N-dealkylation sites (N-methyl/N-ethyl adjacent to an activating group) is 1. The van der Waals surface area contributed by atoms with Crippen LogP contribution in [0.3, 0.4) is 0 Å². The van der Waals surface area contributed by atoms with Crippen LogP contribution in [0.15, 0.2) is 59.8 Å². The number of para-hydroxylation sites is 1. The number of carbonyl (C=O) groups is 3. The van der Waals surface area contributed by atoms with E-state index in [0.717, 1.165) is 0 Å². The van der Waals surface area contributed by atoms with Crippen molar-refractivity contribution in [1.82, 2.24) is 20.0 Å². The lowest BCUT2D eigenvalue weighted by molar-refractivity contribution is -0.139. The van der Waals surface area contributed by atoms with E-state index in [1.165, 1.54) is 24.3 Å². The molecule has 0 saturated carbocycles. The second kappa shape index (κ2) is 12.1. The Bertz CT molecular complexity index is 1210. The molecule has 2 aromatic carbocycles. The standard InChI is InChI=1S/C28H33FN4O5/c1-4-33-22(18-31-14-16-32(17-15-31)26(34)19-10-12-20(29)13-11-19)24(27(35)38-5-2)25(30-28(33)36)21-8-6-7-9-23(21)37-3/h6-13,25H,4-5,14-18H2,1-3H3,(H,30,36)/t25-/m0/s1. The summed E-state index contributed by atoms with van der Waals surface area (Å²) in [5.74, 6) is -0.487. The second-order valence-electron chi connectivity index (χ2n) is 9.02. The summed E-state index contributed by atoms with van der Waals surface area (Å²) in [6, 6.07) is 11.7. The summed E-state index contributed by atoms with van der Waals surface area (Å²) >= 11 is 0. The average molecular weight is 525 g/mol. The van der Waals surface area contributed by atoms with Crippen molar-refractivity contribution in [3.8, 4) is 5.75 Å². The van der Waals surface area contributed by atoms with Gasteiger partial charge in [0.1, 0.15) is 11.6 Å². The van der Waals surface area contributed by atoms with Crippen LogP contribution < -0.4 is 10.1 Å². The van der Waals surface area contributed by atoms with E-state index in [9.17, 15) is 18.8 Å². The minimum Gasteiger partial charge on any atom is -0.496 e. The van der Waals surface area contributed by atoms with E-state index < -0.39 is 12.0 Å². The summed E-state index contributed by atoms with van der Waals surface area (Å²) in [5, 5.41) is 2.96. The Labute approximate surface area is 221 Å². The van der Waals surface area contributed by atoms with Crippen LogP contribution in [0.4, 0.5) is 9.18 Å². The number of nitrogens with one attached hydrogen (secondary N) is 1. The average Bonchev–Trinajstić information content (AvgIpc) is 2.93. The molecule has 0 spiro atoms. The zero-order valence-electron chi connectivity index (χ0n) is 21.9. The Morgan fingerprint density at radius 2 is 1.71 bits per heavy atom. The topological polar surface area (TPSA) is 91.4 Å². The fraction of sp³-hybridized carbons (Fsp3) is 0.393. The van der Waals surface area contributed by atoms with Gasteiger partial charge in [-0.15, -0.1) is 0 Å². The number of esters is 1. The molecule has 1 saturated heterocycles. The molecule has 202 valence electrons. The van der Waals surface area contributed by atoms with Crippen LogP contribution in [-0.2, 0) is 9.53 Å². The van der Waals surface area contributed by atoms with Crippen LogP contribution in [-0.4, -0.2) is 85.6 Å². The summed E-state index contributed by atoms with van der Waals surface area (Å²) in [7, 11) is 1.54. The maximum absolute atomic E-state index is 13.3. The van der Waals surface area contributed by atoms with Gasteiger partial charge in [0.15, 0.2) is 0 Å². The molecule has 2 aliphatic heterocycles. The normalized spacial score (nSPS) is 18.3. The fourth-order valence-electron chi connectivity index (χ4n) is 4.89. The third kappa shape index (κ3) is 5.65. The predicted octanol–water partition coefficient (Wildman–Crippen LogP) is 3.20. The highest BCUT2D eigenvalue weighted by molar-refractivity contribution is 5.96. The number of amides is 3. The van der Waals surface area contributed by atoms with Gasteiger partial charge in [0.25, 0.3) is 5.91 Å². The number of rotatable bonds is 8. The third-order valence-corrected chi connectivity index (χ3v) is 6.82. The van der Waals surface area contributed by atoms with Crippen LogP contribution in [0.2, 0.25) is 0 Å². The maximum atomic E-state index is 13.3. The monoisotopic (exact) mass is 524 g/mol. The van der Waals surface area contributed by atoms with E-state index in [4.69, 9.17) is 9.47 Å². The summed E-state index contributed by atoms with van der Waals surface area (Å²) in [6.07, 6.45) is 0. The number of hydrogen-bond donors (Lipinski definition) is 1. The van der Waals surface area contributed by atoms with Crippen LogP contribution in [0.1, 0.15) is 35.8 Å². The van der Waals surface area contributed by atoms with Gasteiger partial charge in [0, 0.05) is 56.1 Å². The number of hydrogen-bond acceptors (Lipinski definition) is 6. The number of halogens is 1. The van der Waals surface area contributed by atoms with Crippen molar-refractivity contribution in [1.29, 1.82) is 0 Å². The first-order valence-corrected chi connectivity index (χ1v) is 12.8. The lowest BCUT2D eigenvalue weighted by Gasteiger charge is -2.40. The minimum absolute atomic E-state index is 0.153. The molecule has 0 aliphatic carbocycles. The quantitative estimate of drug-likeness (QED) is 0.534. The molecule has 0 aromatic heterocycles. The van der Waals surface area contributed by atoms with E-state index in [1.807, 2.05) is 25.1 Å². The largest absolute Gasteiger partial charge is 0.496 e. The summed E-state index contributed by atoms with van der Waals surface area (Å²) in [4.78, 5) is 44.8. The van der Waals surface area contributed by atoms with E-state index in [-0.39, 0.29) is 24.4 Å². The second-order valence-corrected chi connectivity index (χ2v) is 9.02. The van der Waals surface area contributed by atoms with Gasteiger partial charge in [-0.3, -0.25) is 14.6 Å². The smallest absolute Gasteiger partial charge is 0.338 e. The van der Waals surface area contributed by atoms with Crippen LogP contribution in [0.25, 0.3) is 0 Å². The predicted molar refractivity (Wildman–Crippen MR) is 139 cm³/mol. The Morgan fingerprint density at radius 3 is 2.34 bits per heavy atom. The van der Waals surface area contributed by atoms with Crippen molar-refractivity contribution in [2.75, 3.05) is 53.0 Å². The fourth-order valence-corrected chi connectivity index (χ4v) is 4.89. The number of ether oxygens (including phenoxy) is 2. The first-order chi connectivity index (χ1) is 18.4. The van der Waals surface area contributed by atoms with Gasteiger partial charge in [0.05, 0.1) is 25.3 Å². The van der Waals surface area contributed by atoms with Crippen molar-refractivity contribution in [2.45, 2.75) is 19.9 Å². The molecule has 0 radical (unpaired) electrons. The van der Waals surface area contributed by atoms with Crippen molar-refractivity contribution in [3.05, 3.63) is 76.7 Å². The van der Waals surface area contributed by atoms with Gasteiger partial charge in [-0.1, -0.05) is 18.2 Å². The maximum Gasteiger partial charge on any atom is 0.338 e. The first kappa shape index (κ1) is 27.1. The third-order valence-electron chi connectivity index (χ3n) is 6.82. The van der Waals surface area contributed by atoms with Gasteiger partial charge in [-0.2, -0.15) is 0 Å². The molecule has 10 heteroatoms. The number of methoxy groups -OCH3 is 1. The SMILES string of the molecule is CCOC(=O)C1=C(CN2CCN(C(=O)c3ccc(F)cc3)CC2)N(CC)C(=O)N[C@H]1c1ccccc1OC. The number of carbonyl (C=O) groups excluding carboxylic acids is 3. The molecule has 2 aromatic rings. The molecule has 3 amide bonds. The van der Waals surface area contributed by atoms with Gasteiger partial charge in [-0.25, -0.2) is 14.0 Å². The van der Waals surface area contributed by atoms with Crippen molar-refractivity contribution in [2.24, 2.45) is 0 Å². The molecular weight excluding hydrogens is 491 g/mol. The summed E-state index contributed by atoms with van der Waals surface area (Å²) < 4.78 is 24.2. The highest BCUT2D eigenvalue weighted by atomic mass is 19.1. The molecule has 0 bridgehead atoms. The van der Waals surface area contributed by atoms with Crippen LogP contribution >= 0.6 is 0 Å². The Hall–Kier alpha value is -3.92. The van der Waals surface area contributed by atoms with E-state index in [1.54, 1.807) is 29.9 Å². The van der Waals surface area contributed by atoms with Gasteiger partial charge < -0.3 is 19.7 Å². The molecule has 2 aliphatic rings. The minimum atomic E-state index is -0.739. The zero-order chi connectivity index (χ0) is 27.2. The van der Waals surface area contributed by atoms with Crippen LogP contribution in [0, 0.1) is 5.82 Å². The molecule has 4 rings (SSSR count). The van der Waals surface area contributed by atoms with E-state index in [0.29, 0.717) is 67.4 Å². The summed E-state index contributed by atoms with van der Waals surface area (Å²) in [6.45, 7) is 6.51. The van der Waals surface area contributed by atoms with Crippen molar-refractivity contribution in [3.63, 3.8) is 0 Å². The van der Waals surface area contributed by atoms with Gasteiger partial charge >= 0.3 is 12.0 Å². The lowest BCUT2D eigenvalue weighted by atomic mass is 9.93. The Balaban J connectivity index is 1.61. The van der Waals surface area contributed by atoms with Gasteiger partial charge in [0.2, 0.25) is 0 Å². The number of nitrogens with zero attached hydrogens (tertiary/aromatic N) is 3. The Morgan fingerprint density at radius 1 is 1.03 bits per heavy atom. The highest BCUT2D eigenvalue weighted by Gasteiger charge is 2.39. The van der Waals surface area contributed by atoms with Gasteiger partial charge in [-0.05, 0) is 44.2 Å². The van der Waals surface area contributed by atoms with E-state index in [2.05, 4.69) is 10.2 Å². The molecule has 9 nitrogen and oxygen atoms in total. The molecule has 0 unspecified atom stereocenters.